The maximum absolute atomic E-state index is 11.8. The summed E-state index contributed by atoms with van der Waals surface area (Å²) in [5, 5.41) is 17.3. The number of aliphatic hydroxyl groups is 1. The number of hydrogen-bond acceptors (Lipinski definition) is 6. The fourth-order valence-electron chi connectivity index (χ4n) is 4.87. The van der Waals surface area contributed by atoms with E-state index in [-0.39, 0.29) is 11.1 Å². The average molecular weight is 345 g/mol. The van der Waals surface area contributed by atoms with Crippen molar-refractivity contribution in [2.45, 2.75) is 81.4 Å². The number of fused-ring (bicyclic) bond motifs is 2. The Kier molecular flexibility index (Phi) is 3.68. The van der Waals surface area contributed by atoms with Crippen molar-refractivity contribution in [2.75, 3.05) is 10.6 Å². The third-order valence-corrected chi connectivity index (χ3v) is 6.36. The number of nitrogens with zero attached hydrogens (tertiary/aromatic N) is 2. The second kappa shape index (κ2) is 5.56. The normalized spacial score (nSPS) is 32.7. The zero-order valence-corrected chi connectivity index (χ0v) is 14.8. The summed E-state index contributed by atoms with van der Waals surface area (Å²) in [5.41, 5.74) is 5.12. The molecular formula is C18H27N5O2. The molecule has 1 heterocycles. The molecule has 3 fully saturated rings. The molecule has 0 saturated heterocycles. The van der Waals surface area contributed by atoms with Crippen LogP contribution < -0.4 is 16.4 Å². The smallest absolute Gasteiger partial charge is 0.254 e. The highest BCUT2D eigenvalue weighted by Gasteiger charge is 2.53. The lowest BCUT2D eigenvalue weighted by Crippen LogP contribution is -2.35. The predicted molar refractivity (Wildman–Crippen MR) is 95.4 cm³/mol. The molecule has 7 heteroatoms. The molecule has 136 valence electrons. The largest absolute Gasteiger partial charge is 0.390 e. The first-order chi connectivity index (χ1) is 11.8. The van der Waals surface area contributed by atoms with E-state index in [9.17, 15) is 9.90 Å². The van der Waals surface area contributed by atoms with E-state index in [4.69, 9.17) is 5.73 Å². The van der Waals surface area contributed by atoms with Crippen LogP contribution in [-0.2, 0) is 0 Å². The molecule has 3 saturated carbocycles. The second-order valence-electron chi connectivity index (χ2n) is 8.52. The van der Waals surface area contributed by atoms with Gasteiger partial charge in [-0.25, -0.2) is 4.98 Å². The van der Waals surface area contributed by atoms with Crippen LogP contribution in [0.5, 0.6) is 0 Å². The summed E-state index contributed by atoms with van der Waals surface area (Å²) in [6.07, 6.45) is 10.2. The van der Waals surface area contributed by atoms with Crippen LogP contribution in [0.4, 0.5) is 11.8 Å². The molecule has 5 N–H and O–H groups in total. The van der Waals surface area contributed by atoms with Crippen LogP contribution in [0.2, 0.25) is 0 Å². The van der Waals surface area contributed by atoms with E-state index >= 15 is 0 Å². The van der Waals surface area contributed by atoms with Gasteiger partial charge in [-0.2, -0.15) is 4.98 Å². The molecule has 0 radical (unpaired) electrons. The number of amides is 1. The minimum Gasteiger partial charge on any atom is -0.390 e. The molecule has 0 aromatic carbocycles. The predicted octanol–water partition coefficient (Wildman–Crippen LogP) is 2.18. The topological polar surface area (TPSA) is 113 Å². The molecule has 0 aliphatic heterocycles. The van der Waals surface area contributed by atoms with Crippen LogP contribution in [0.15, 0.2) is 6.20 Å². The van der Waals surface area contributed by atoms with Gasteiger partial charge in [0.25, 0.3) is 5.91 Å². The summed E-state index contributed by atoms with van der Waals surface area (Å²) in [7, 11) is 0. The number of aromatic nitrogens is 2. The first kappa shape index (κ1) is 16.6. The molecular weight excluding hydrogens is 318 g/mol. The SMILES string of the molecule is CC1(Nc2nc(NC34CCC(O)(CC3)C4)ncc2C(N)=O)CCCC1. The molecule has 1 amide bonds. The van der Waals surface area contributed by atoms with E-state index in [0.29, 0.717) is 17.3 Å². The molecule has 1 aromatic rings. The molecule has 0 atom stereocenters. The first-order valence-corrected chi connectivity index (χ1v) is 9.26. The molecule has 0 spiro atoms. The van der Waals surface area contributed by atoms with Gasteiger partial charge in [0.05, 0.1) is 11.2 Å². The third-order valence-electron chi connectivity index (χ3n) is 6.36. The molecule has 3 aliphatic rings. The van der Waals surface area contributed by atoms with E-state index < -0.39 is 11.5 Å². The Morgan fingerprint density at radius 2 is 1.84 bits per heavy atom. The molecule has 2 bridgehead atoms. The van der Waals surface area contributed by atoms with Gasteiger partial charge in [0.15, 0.2) is 0 Å². The van der Waals surface area contributed by atoms with Crippen LogP contribution in [0.1, 0.15) is 75.1 Å². The minimum atomic E-state index is -0.529. The van der Waals surface area contributed by atoms with Crippen LogP contribution in [0.25, 0.3) is 0 Å². The van der Waals surface area contributed by atoms with Crippen LogP contribution in [-0.4, -0.2) is 37.7 Å². The van der Waals surface area contributed by atoms with Crippen molar-refractivity contribution in [3.63, 3.8) is 0 Å². The quantitative estimate of drug-likeness (QED) is 0.650. The Hall–Kier alpha value is -1.89. The number of carbonyl (C=O) groups excluding carboxylic acids is 1. The number of nitrogens with two attached hydrogens (primary N) is 1. The number of rotatable bonds is 5. The van der Waals surface area contributed by atoms with Gasteiger partial charge in [0, 0.05) is 17.3 Å². The van der Waals surface area contributed by atoms with Gasteiger partial charge in [-0.1, -0.05) is 12.8 Å². The van der Waals surface area contributed by atoms with Crippen LogP contribution in [0.3, 0.4) is 0 Å². The Morgan fingerprint density at radius 1 is 1.16 bits per heavy atom. The van der Waals surface area contributed by atoms with Gasteiger partial charge in [-0.05, 0) is 51.9 Å². The highest BCUT2D eigenvalue weighted by molar-refractivity contribution is 5.97. The number of nitrogens with one attached hydrogen (secondary N) is 2. The van der Waals surface area contributed by atoms with E-state index in [1.807, 2.05) is 0 Å². The Labute approximate surface area is 147 Å². The Balaban J connectivity index is 1.59. The molecule has 1 aromatic heterocycles. The maximum atomic E-state index is 11.8. The fraction of sp³-hybridized carbons (Fsp3) is 0.722. The van der Waals surface area contributed by atoms with Crippen molar-refractivity contribution in [1.82, 2.24) is 9.97 Å². The molecule has 25 heavy (non-hydrogen) atoms. The Bertz CT molecular complexity index is 691. The van der Waals surface area contributed by atoms with Crippen molar-refractivity contribution in [2.24, 2.45) is 5.73 Å². The lowest BCUT2D eigenvalue weighted by Gasteiger charge is -2.29. The summed E-state index contributed by atoms with van der Waals surface area (Å²) in [6, 6.07) is 0. The summed E-state index contributed by atoms with van der Waals surface area (Å²) in [5.74, 6) is 0.488. The van der Waals surface area contributed by atoms with Gasteiger partial charge >= 0.3 is 0 Å². The standard InChI is InChI=1S/C18H27N5O2/c1-16(4-2-3-5-16)22-14-12(13(19)24)10-20-15(21-14)23-17-6-8-18(25,11-17)9-7-17/h10,25H,2-9,11H2,1H3,(H2,19,24)(H2,20,21,22,23). The van der Waals surface area contributed by atoms with Crippen molar-refractivity contribution in [3.8, 4) is 0 Å². The number of carbonyl (C=O) groups is 1. The van der Waals surface area contributed by atoms with Crippen molar-refractivity contribution in [1.29, 1.82) is 0 Å². The third kappa shape index (κ3) is 3.05. The van der Waals surface area contributed by atoms with Gasteiger partial charge in [-0.3, -0.25) is 4.79 Å². The lowest BCUT2D eigenvalue weighted by atomic mass is 9.93. The minimum absolute atomic E-state index is 0.0604. The Morgan fingerprint density at radius 3 is 2.40 bits per heavy atom. The van der Waals surface area contributed by atoms with Crippen molar-refractivity contribution < 1.29 is 9.90 Å². The number of anilines is 2. The van der Waals surface area contributed by atoms with E-state index in [1.165, 1.54) is 19.0 Å². The summed E-state index contributed by atoms with van der Waals surface area (Å²) in [4.78, 5) is 20.7. The highest BCUT2D eigenvalue weighted by atomic mass is 16.3. The molecule has 0 unspecified atom stereocenters. The van der Waals surface area contributed by atoms with Gasteiger partial charge in [0.1, 0.15) is 5.82 Å². The number of primary amides is 1. The van der Waals surface area contributed by atoms with Crippen LogP contribution in [0, 0.1) is 0 Å². The number of hydrogen-bond donors (Lipinski definition) is 4. The van der Waals surface area contributed by atoms with Gasteiger partial charge in [-0.15, -0.1) is 0 Å². The molecule has 7 nitrogen and oxygen atoms in total. The second-order valence-corrected chi connectivity index (χ2v) is 8.52. The van der Waals surface area contributed by atoms with Gasteiger partial charge < -0.3 is 21.5 Å². The summed E-state index contributed by atoms with van der Waals surface area (Å²) in [6.45, 7) is 2.16. The van der Waals surface area contributed by atoms with Crippen molar-refractivity contribution >= 4 is 17.7 Å². The zero-order valence-electron chi connectivity index (χ0n) is 14.8. The van der Waals surface area contributed by atoms with E-state index in [0.717, 1.165) is 44.9 Å². The summed E-state index contributed by atoms with van der Waals surface area (Å²) >= 11 is 0. The molecule has 3 aliphatic carbocycles. The maximum Gasteiger partial charge on any atom is 0.254 e. The van der Waals surface area contributed by atoms with Crippen LogP contribution >= 0.6 is 0 Å². The zero-order chi connectivity index (χ0) is 17.7. The monoisotopic (exact) mass is 345 g/mol. The highest BCUT2D eigenvalue weighted by Crippen LogP contribution is 2.51. The van der Waals surface area contributed by atoms with E-state index in [1.54, 1.807) is 0 Å². The van der Waals surface area contributed by atoms with Gasteiger partial charge in [0.2, 0.25) is 5.95 Å². The van der Waals surface area contributed by atoms with E-state index in [2.05, 4.69) is 27.5 Å². The molecule has 4 rings (SSSR count). The average Bonchev–Trinajstić information content (AvgIpc) is 3.20. The van der Waals surface area contributed by atoms with Crippen molar-refractivity contribution in [3.05, 3.63) is 11.8 Å². The fourth-order valence-corrected chi connectivity index (χ4v) is 4.87. The lowest BCUT2D eigenvalue weighted by molar-refractivity contribution is 0.0521. The summed E-state index contributed by atoms with van der Waals surface area (Å²) < 4.78 is 0. The first-order valence-electron chi connectivity index (χ1n) is 9.26.